The first-order chi connectivity index (χ1) is 9.19. The van der Waals surface area contributed by atoms with Crippen LogP contribution in [-0.4, -0.2) is 46.9 Å². The maximum absolute atomic E-state index is 12.0. The number of rotatable bonds is 0. The van der Waals surface area contributed by atoms with Crippen molar-refractivity contribution in [3.63, 3.8) is 0 Å². The highest BCUT2D eigenvalue weighted by Gasteiger charge is 2.42. The van der Waals surface area contributed by atoms with Crippen LogP contribution >= 0.6 is 0 Å². The second kappa shape index (κ2) is 5.07. The number of ether oxygens (including phenoxy) is 1. The van der Waals surface area contributed by atoms with E-state index >= 15 is 0 Å². The van der Waals surface area contributed by atoms with Gasteiger partial charge in [0.1, 0.15) is 11.4 Å². The number of Topliss-reactive ketones (excluding diaryl/α,β-unsaturated/α-hetero) is 1. The second-order valence-electron chi connectivity index (χ2n) is 6.69. The molecule has 2 rings (SSSR count). The Morgan fingerprint density at radius 2 is 1.85 bits per heavy atom. The minimum Gasteiger partial charge on any atom is -0.444 e. The van der Waals surface area contributed by atoms with E-state index in [1.165, 1.54) is 0 Å². The Kier molecular flexibility index (Phi) is 3.75. The number of hydrogen-bond donors (Lipinski definition) is 1. The summed E-state index contributed by atoms with van der Waals surface area (Å²) in [6, 6.07) is 0. The molecule has 0 radical (unpaired) electrons. The normalized spacial score (nSPS) is 22.6. The Morgan fingerprint density at radius 3 is 2.35 bits per heavy atom. The highest BCUT2D eigenvalue weighted by atomic mass is 16.6. The molecule has 0 bridgehead atoms. The van der Waals surface area contributed by atoms with E-state index in [9.17, 15) is 14.4 Å². The van der Waals surface area contributed by atoms with Crippen LogP contribution in [0.25, 0.3) is 0 Å². The summed E-state index contributed by atoms with van der Waals surface area (Å²) < 4.78 is 5.33. The van der Waals surface area contributed by atoms with Gasteiger partial charge in [0.2, 0.25) is 5.91 Å². The van der Waals surface area contributed by atoms with Crippen molar-refractivity contribution in [2.75, 3.05) is 13.1 Å². The maximum atomic E-state index is 12.0. The largest absolute Gasteiger partial charge is 0.444 e. The van der Waals surface area contributed by atoms with Crippen molar-refractivity contribution < 1.29 is 19.1 Å². The number of hydrogen-bond acceptors (Lipinski definition) is 4. The van der Waals surface area contributed by atoms with Crippen LogP contribution in [0.1, 0.15) is 46.5 Å². The molecule has 2 aliphatic rings. The zero-order valence-electron chi connectivity index (χ0n) is 12.3. The predicted molar refractivity (Wildman–Crippen MR) is 72.2 cm³/mol. The fourth-order valence-corrected chi connectivity index (χ4v) is 2.75. The number of carbonyl (C=O) groups is 3. The van der Waals surface area contributed by atoms with Crippen molar-refractivity contribution in [3.05, 3.63) is 0 Å². The molecule has 0 aromatic rings. The third kappa shape index (κ3) is 3.49. The number of nitrogens with one attached hydrogen (secondary N) is 1. The summed E-state index contributed by atoms with van der Waals surface area (Å²) in [4.78, 5) is 36.7. The number of carbonyl (C=O) groups excluding carboxylic acids is 3. The average Bonchev–Trinajstić information content (AvgIpc) is 2.25. The summed E-state index contributed by atoms with van der Waals surface area (Å²) >= 11 is 0. The fraction of sp³-hybridized carbons (Fsp3) is 0.786. The summed E-state index contributed by atoms with van der Waals surface area (Å²) in [6.45, 7) is 6.49. The lowest BCUT2D eigenvalue weighted by molar-refractivity contribution is -0.135. The molecule has 1 spiro atoms. The van der Waals surface area contributed by atoms with Gasteiger partial charge in [-0.25, -0.2) is 4.79 Å². The zero-order chi connectivity index (χ0) is 15.0. The summed E-state index contributed by atoms with van der Waals surface area (Å²) in [5, 5.41) is 2.93. The van der Waals surface area contributed by atoms with Crippen LogP contribution < -0.4 is 5.32 Å². The summed E-state index contributed by atoms with van der Waals surface area (Å²) in [6.07, 6.45) is 1.23. The molecule has 0 aromatic heterocycles. The quantitative estimate of drug-likeness (QED) is 0.678. The first kappa shape index (κ1) is 14.8. The molecule has 20 heavy (non-hydrogen) atoms. The third-order valence-corrected chi connectivity index (χ3v) is 3.67. The Labute approximate surface area is 118 Å². The lowest BCUT2D eigenvalue weighted by Crippen LogP contribution is -2.60. The van der Waals surface area contributed by atoms with E-state index in [4.69, 9.17) is 4.74 Å². The van der Waals surface area contributed by atoms with Gasteiger partial charge in [-0.1, -0.05) is 0 Å². The smallest absolute Gasteiger partial charge is 0.410 e. The molecular formula is C14H22N2O4. The van der Waals surface area contributed by atoms with Crippen molar-refractivity contribution in [1.29, 1.82) is 0 Å². The number of nitrogens with zero attached hydrogens (tertiary/aromatic N) is 1. The van der Waals surface area contributed by atoms with Crippen molar-refractivity contribution in [2.45, 2.75) is 57.6 Å². The molecule has 2 saturated heterocycles. The first-order valence-corrected chi connectivity index (χ1v) is 7.00. The molecule has 6 heteroatoms. The highest BCUT2D eigenvalue weighted by Crippen LogP contribution is 2.30. The fourth-order valence-electron chi connectivity index (χ4n) is 2.75. The minimum absolute atomic E-state index is 0.0144. The lowest BCUT2D eigenvalue weighted by Gasteiger charge is -2.43. The molecule has 0 aromatic carbocycles. The van der Waals surface area contributed by atoms with Gasteiger partial charge in [0.15, 0.2) is 0 Å². The van der Waals surface area contributed by atoms with E-state index in [-0.39, 0.29) is 24.2 Å². The molecule has 112 valence electrons. The van der Waals surface area contributed by atoms with Gasteiger partial charge in [0.05, 0.1) is 12.0 Å². The van der Waals surface area contributed by atoms with Gasteiger partial charge in [-0.15, -0.1) is 0 Å². The standard InChI is InChI=1S/C14H22N2O4/c1-13(2,3)20-12(19)16-6-4-14(5-7-16)9-10(17)8-11(18)15-14/h4-9H2,1-3H3,(H,15,18). The first-order valence-electron chi connectivity index (χ1n) is 7.00. The number of likely N-dealkylation sites (tertiary alicyclic amines) is 1. The lowest BCUT2D eigenvalue weighted by atomic mass is 9.80. The van der Waals surface area contributed by atoms with Gasteiger partial charge in [-0.3, -0.25) is 9.59 Å². The molecule has 6 nitrogen and oxygen atoms in total. The Balaban J connectivity index is 1.93. The van der Waals surface area contributed by atoms with E-state index in [2.05, 4.69) is 5.32 Å². The van der Waals surface area contributed by atoms with Gasteiger partial charge >= 0.3 is 6.09 Å². The van der Waals surface area contributed by atoms with Crippen molar-refractivity contribution in [1.82, 2.24) is 10.2 Å². The van der Waals surface area contributed by atoms with Crippen LogP contribution in [0.15, 0.2) is 0 Å². The summed E-state index contributed by atoms with van der Waals surface area (Å²) in [5.74, 6) is -0.216. The van der Waals surface area contributed by atoms with Gasteiger partial charge < -0.3 is 15.0 Å². The monoisotopic (exact) mass is 282 g/mol. The molecule has 1 N–H and O–H groups in total. The third-order valence-electron chi connectivity index (χ3n) is 3.67. The summed E-state index contributed by atoms with van der Waals surface area (Å²) in [5.41, 5.74) is -0.966. The number of amides is 2. The van der Waals surface area contributed by atoms with Crippen molar-refractivity contribution >= 4 is 17.8 Å². The molecule has 0 unspecified atom stereocenters. The van der Waals surface area contributed by atoms with E-state index in [1.54, 1.807) is 4.90 Å². The van der Waals surface area contributed by atoms with Crippen molar-refractivity contribution in [3.8, 4) is 0 Å². The van der Waals surface area contributed by atoms with Crippen LogP contribution in [0.3, 0.4) is 0 Å². The molecule has 0 aliphatic carbocycles. The van der Waals surface area contributed by atoms with Crippen LogP contribution in [-0.2, 0) is 14.3 Å². The predicted octanol–water partition coefficient (Wildman–Crippen LogP) is 1.24. The van der Waals surface area contributed by atoms with Crippen LogP contribution in [0.2, 0.25) is 0 Å². The topological polar surface area (TPSA) is 75.7 Å². The Morgan fingerprint density at radius 1 is 1.25 bits per heavy atom. The average molecular weight is 282 g/mol. The van der Waals surface area contributed by atoms with Gasteiger partial charge in [0, 0.05) is 19.5 Å². The molecule has 0 saturated carbocycles. The van der Waals surface area contributed by atoms with Gasteiger partial charge in [0.25, 0.3) is 0 Å². The van der Waals surface area contributed by atoms with Crippen molar-refractivity contribution in [2.24, 2.45) is 0 Å². The van der Waals surface area contributed by atoms with Gasteiger partial charge in [-0.2, -0.15) is 0 Å². The van der Waals surface area contributed by atoms with Crippen LogP contribution in [0.4, 0.5) is 4.79 Å². The van der Waals surface area contributed by atoms with Crippen LogP contribution in [0.5, 0.6) is 0 Å². The maximum Gasteiger partial charge on any atom is 0.410 e. The number of piperidine rings is 2. The molecule has 2 amide bonds. The van der Waals surface area contributed by atoms with Crippen LogP contribution in [0, 0.1) is 0 Å². The number of ketones is 1. The molecule has 2 fully saturated rings. The molecular weight excluding hydrogens is 260 g/mol. The Bertz CT molecular complexity index is 413. The molecule has 0 atom stereocenters. The van der Waals surface area contributed by atoms with Gasteiger partial charge in [-0.05, 0) is 33.6 Å². The SMILES string of the molecule is CC(C)(C)OC(=O)N1CCC2(CC1)CC(=O)CC(=O)N2. The second-order valence-corrected chi connectivity index (χ2v) is 6.69. The Hall–Kier alpha value is -1.59. The highest BCUT2D eigenvalue weighted by molar-refractivity contribution is 6.01. The van der Waals surface area contributed by atoms with E-state index in [0.29, 0.717) is 32.4 Å². The van der Waals surface area contributed by atoms with E-state index < -0.39 is 11.1 Å². The summed E-state index contributed by atoms with van der Waals surface area (Å²) in [7, 11) is 0. The zero-order valence-corrected chi connectivity index (χ0v) is 12.3. The minimum atomic E-state index is -0.513. The molecule has 2 heterocycles. The van der Waals surface area contributed by atoms with E-state index in [1.807, 2.05) is 20.8 Å². The van der Waals surface area contributed by atoms with E-state index in [0.717, 1.165) is 0 Å². The molecule has 2 aliphatic heterocycles.